The standard InChI is InChI=1S/C22H23N3O2S/c26-20(10-12-24-14-23-21-18(22(24)27)11-13-28-21)25(16-8-9-16)19-7-3-5-15-4-1-2-6-17(15)19/h1-2,4,6,11,13-14,16,19H,3,5,7-10,12H2. The molecule has 0 spiro atoms. The van der Waals surface area contributed by atoms with Crippen LogP contribution >= 0.6 is 11.3 Å². The van der Waals surface area contributed by atoms with Gasteiger partial charge in [-0.1, -0.05) is 24.3 Å². The van der Waals surface area contributed by atoms with E-state index >= 15 is 0 Å². The lowest BCUT2D eigenvalue weighted by atomic mass is 9.86. The van der Waals surface area contributed by atoms with Gasteiger partial charge in [0.25, 0.3) is 5.56 Å². The molecular formula is C22H23N3O2S. The lowest BCUT2D eigenvalue weighted by molar-refractivity contribution is -0.135. The Morgan fingerprint density at radius 3 is 2.93 bits per heavy atom. The Bertz CT molecular complexity index is 1080. The Hall–Kier alpha value is -2.47. The zero-order chi connectivity index (χ0) is 19.1. The third-order valence-electron chi connectivity index (χ3n) is 5.92. The smallest absolute Gasteiger partial charge is 0.262 e. The van der Waals surface area contributed by atoms with Gasteiger partial charge in [-0.3, -0.25) is 14.2 Å². The molecule has 28 heavy (non-hydrogen) atoms. The molecule has 2 aliphatic carbocycles. The van der Waals surface area contributed by atoms with Gasteiger partial charge in [-0.2, -0.15) is 0 Å². The second-order valence-electron chi connectivity index (χ2n) is 7.77. The summed E-state index contributed by atoms with van der Waals surface area (Å²) in [5.41, 5.74) is 2.63. The van der Waals surface area contributed by atoms with Gasteiger partial charge in [0.15, 0.2) is 0 Å². The SMILES string of the molecule is O=C(CCn1cnc2sccc2c1=O)N(C1CC1)C1CCCc2ccccc21. The average molecular weight is 394 g/mol. The maximum Gasteiger partial charge on any atom is 0.262 e. The summed E-state index contributed by atoms with van der Waals surface area (Å²) in [5, 5.41) is 2.52. The van der Waals surface area contributed by atoms with E-state index in [2.05, 4.69) is 34.1 Å². The predicted octanol–water partition coefficient (Wildman–Crippen LogP) is 3.92. The van der Waals surface area contributed by atoms with Crippen LogP contribution in [0.4, 0.5) is 0 Å². The van der Waals surface area contributed by atoms with Gasteiger partial charge in [0.2, 0.25) is 5.91 Å². The van der Waals surface area contributed by atoms with Crippen molar-refractivity contribution >= 4 is 27.5 Å². The molecule has 1 atom stereocenters. The topological polar surface area (TPSA) is 55.2 Å². The van der Waals surface area contributed by atoms with Crippen LogP contribution in [0.1, 0.15) is 49.3 Å². The van der Waals surface area contributed by atoms with Crippen LogP contribution in [0.25, 0.3) is 10.2 Å². The molecule has 0 bridgehead atoms. The largest absolute Gasteiger partial charge is 0.333 e. The summed E-state index contributed by atoms with van der Waals surface area (Å²) in [6.45, 7) is 0.383. The minimum atomic E-state index is -0.0555. The highest BCUT2D eigenvalue weighted by Crippen LogP contribution is 2.41. The van der Waals surface area contributed by atoms with Crippen LogP contribution in [-0.2, 0) is 17.8 Å². The van der Waals surface area contributed by atoms with Crippen molar-refractivity contribution < 1.29 is 4.79 Å². The number of thiophene rings is 1. The number of amides is 1. The average Bonchev–Trinajstić information content (AvgIpc) is 3.43. The van der Waals surface area contributed by atoms with Crippen molar-refractivity contribution in [3.05, 3.63) is 63.5 Å². The number of carbonyl (C=O) groups excluding carboxylic acids is 1. The van der Waals surface area contributed by atoms with Gasteiger partial charge in [-0.05, 0) is 54.7 Å². The molecule has 1 aromatic carbocycles. The van der Waals surface area contributed by atoms with E-state index in [9.17, 15) is 9.59 Å². The Morgan fingerprint density at radius 1 is 1.21 bits per heavy atom. The number of rotatable bonds is 5. The van der Waals surface area contributed by atoms with Gasteiger partial charge in [0.05, 0.1) is 17.8 Å². The summed E-state index contributed by atoms with van der Waals surface area (Å²) in [7, 11) is 0. The zero-order valence-corrected chi connectivity index (χ0v) is 16.5. The first kappa shape index (κ1) is 17.6. The van der Waals surface area contributed by atoms with Gasteiger partial charge in [0, 0.05) is 19.0 Å². The van der Waals surface area contributed by atoms with Crippen molar-refractivity contribution in [2.75, 3.05) is 0 Å². The fourth-order valence-corrected chi connectivity index (χ4v) is 5.12. The third kappa shape index (κ3) is 3.15. The summed E-state index contributed by atoms with van der Waals surface area (Å²) >= 11 is 1.46. The fourth-order valence-electron chi connectivity index (χ4n) is 4.40. The monoisotopic (exact) mass is 393 g/mol. The lowest BCUT2D eigenvalue weighted by Gasteiger charge is -2.36. The van der Waals surface area contributed by atoms with Crippen molar-refractivity contribution in [3.8, 4) is 0 Å². The van der Waals surface area contributed by atoms with E-state index < -0.39 is 0 Å². The van der Waals surface area contributed by atoms with Crippen LogP contribution in [0.3, 0.4) is 0 Å². The normalized spacial score (nSPS) is 18.8. The Labute approximate surface area is 167 Å². The molecule has 2 aliphatic rings. The molecule has 2 heterocycles. The van der Waals surface area contributed by atoms with Crippen molar-refractivity contribution in [1.29, 1.82) is 0 Å². The van der Waals surface area contributed by atoms with Crippen LogP contribution in [0.2, 0.25) is 0 Å². The molecule has 0 aliphatic heterocycles. The van der Waals surface area contributed by atoms with Crippen molar-refractivity contribution in [3.63, 3.8) is 0 Å². The minimum absolute atomic E-state index is 0.0555. The van der Waals surface area contributed by atoms with Crippen LogP contribution in [0.15, 0.2) is 46.8 Å². The molecular weight excluding hydrogens is 370 g/mol. The minimum Gasteiger partial charge on any atom is -0.333 e. The van der Waals surface area contributed by atoms with Gasteiger partial charge in [-0.15, -0.1) is 11.3 Å². The first-order valence-electron chi connectivity index (χ1n) is 10.0. The molecule has 5 rings (SSSR count). The maximum absolute atomic E-state index is 13.2. The third-order valence-corrected chi connectivity index (χ3v) is 6.74. The van der Waals surface area contributed by atoms with Crippen molar-refractivity contribution in [2.24, 2.45) is 0 Å². The molecule has 3 aromatic rings. The molecule has 1 amide bonds. The summed E-state index contributed by atoms with van der Waals surface area (Å²) < 4.78 is 1.58. The van der Waals surface area contributed by atoms with Crippen LogP contribution in [0, 0.1) is 0 Å². The molecule has 5 nitrogen and oxygen atoms in total. The van der Waals surface area contributed by atoms with E-state index in [0.717, 1.165) is 36.9 Å². The van der Waals surface area contributed by atoms with E-state index in [-0.39, 0.29) is 17.5 Å². The highest BCUT2D eigenvalue weighted by atomic mass is 32.1. The van der Waals surface area contributed by atoms with Gasteiger partial charge in [-0.25, -0.2) is 4.98 Å². The van der Waals surface area contributed by atoms with Crippen molar-refractivity contribution in [2.45, 2.75) is 57.2 Å². The zero-order valence-electron chi connectivity index (χ0n) is 15.7. The molecule has 0 radical (unpaired) electrons. The number of hydrogen-bond acceptors (Lipinski definition) is 4. The van der Waals surface area contributed by atoms with E-state index in [1.165, 1.54) is 22.5 Å². The number of fused-ring (bicyclic) bond motifs is 2. The first-order valence-corrected chi connectivity index (χ1v) is 10.9. The van der Waals surface area contributed by atoms with Gasteiger partial charge in [0.1, 0.15) is 4.83 Å². The second kappa shape index (κ2) is 7.17. The molecule has 1 fully saturated rings. The molecule has 1 saturated carbocycles. The van der Waals surface area contributed by atoms with E-state index in [4.69, 9.17) is 0 Å². The maximum atomic E-state index is 13.2. The highest BCUT2D eigenvalue weighted by molar-refractivity contribution is 7.16. The van der Waals surface area contributed by atoms with E-state index in [1.54, 1.807) is 10.9 Å². The van der Waals surface area contributed by atoms with Crippen LogP contribution in [-0.4, -0.2) is 26.4 Å². The number of hydrogen-bond donors (Lipinski definition) is 0. The molecule has 1 unspecified atom stereocenters. The predicted molar refractivity (Wildman–Crippen MR) is 110 cm³/mol. The van der Waals surface area contributed by atoms with E-state index in [0.29, 0.717) is 24.4 Å². The number of aromatic nitrogens is 2. The van der Waals surface area contributed by atoms with Crippen LogP contribution in [0.5, 0.6) is 0 Å². The molecule has 144 valence electrons. The summed E-state index contributed by atoms with van der Waals surface area (Å²) in [5.74, 6) is 0.154. The Kier molecular flexibility index (Phi) is 4.51. The molecule has 6 heteroatoms. The summed E-state index contributed by atoms with van der Waals surface area (Å²) in [4.78, 5) is 33.0. The number of aryl methyl sites for hydroxylation is 2. The Balaban J connectivity index is 1.37. The van der Waals surface area contributed by atoms with Gasteiger partial charge >= 0.3 is 0 Å². The van der Waals surface area contributed by atoms with Gasteiger partial charge < -0.3 is 4.90 Å². The number of nitrogens with zero attached hydrogens (tertiary/aromatic N) is 3. The Morgan fingerprint density at radius 2 is 2.07 bits per heavy atom. The van der Waals surface area contributed by atoms with E-state index in [1.807, 2.05) is 11.4 Å². The summed E-state index contributed by atoms with van der Waals surface area (Å²) in [6, 6.07) is 10.9. The molecule has 2 aromatic heterocycles. The quantitative estimate of drug-likeness (QED) is 0.660. The highest BCUT2D eigenvalue weighted by Gasteiger charge is 2.39. The summed E-state index contributed by atoms with van der Waals surface area (Å²) in [6.07, 6.45) is 7.34. The fraction of sp³-hybridized carbons (Fsp3) is 0.409. The second-order valence-corrected chi connectivity index (χ2v) is 8.67. The number of benzene rings is 1. The first-order chi connectivity index (χ1) is 13.7. The molecule has 0 N–H and O–H groups in total. The number of carbonyl (C=O) groups is 1. The van der Waals surface area contributed by atoms with Crippen molar-refractivity contribution in [1.82, 2.24) is 14.5 Å². The van der Waals surface area contributed by atoms with Crippen LogP contribution < -0.4 is 5.56 Å². The lowest BCUT2D eigenvalue weighted by Crippen LogP contribution is -2.39. The molecule has 0 saturated heterocycles.